The van der Waals surface area contributed by atoms with Gasteiger partial charge in [0.05, 0.1) is 12.6 Å². The van der Waals surface area contributed by atoms with E-state index in [1.165, 1.54) is 0 Å². The summed E-state index contributed by atoms with van der Waals surface area (Å²) in [7, 11) is 0. The molecule has 1 aromatic carbocycles. The molecule has 1 fully saturated rings. The van der Waals surface area contributed by atoms with E-state index >= 15 is 0 Å². The number of nitrogens with zero attached hydrogens (tertiary/aromatic N) is 1. The average molecular weight is 352 g/mol. The van der Waals surface area contributed by atoms with Gasteiger partial charge in [-0.15, -0.1) is 12.6 Å². The van der Waals surface area contributed by atoms with E-state index < -0.39 is 0 Å². The first-order valence-electron chi connectivity index (χ1n) is 8.80. The van der Waals surface area contributed by atoms with Gasteiger partial charge in [-0.3, -0.25) is 0 Å². The van der Waals surface area contributed by atoms with Crippen LogP contribution in [0.25, 0.3) is 0 Å². The number of thiol groups is 1. The number of allylic oxidation sites excluding steroid dienone is 5. The molecular formula is C22H25NOS. The topological polar surface area (TPSA) is 12.5 Å². The van der Waals surface area contributed by atoms with Crippen LogP contribution in [0.3, 0.4) is 0 Å². The van der Waals surface area contributed by atoms with E-state index in [1.54, 1.807) is 0 Å². The molecule has 1 aromatic rings. The molecule has 0 amide bonds. The van der Waals surface area contributed by atoms with Gasteiger partial charge in [0, 0.05) is 11.6 Å². The summed E-state index contributed by atoms with van der Waals surface area (Å²) in [4.78, 5) is 3.41. The molecule has 0 bridgehead atoms. The number of ether oxygens (including phenoxy) is 1. The molecule has 2 unspecified atom stereocenters. The maximum Gasteiger partial charge on any atom is 0.191 e. The molecule has 3 rings (SSSR count). The minimum absolute atomic E-state index is 0.0604. The monoisotopic (exact) mass is 351 g/mol. The van der Waals surface area contributed by atoms with Gasteiger partial charge in [0.2, 0.25) is 0 Å². The van der Waals surface area contributed by atoms with E-state index in [0.29, 0.717) is 5.92 Å². The van der Waals surface area contributed by atoms with Gasteiger partial charge in [-0.25, -0.2) is 0 Å². The van der Waals surface area contributed by atoms with Gasteiger partial charge in [0.1, 0.15) is 6.10 Å². The molecule has 2 aliphatic rings. The Morgan fingerprint density at radius 1 is 1.36 bits per heavy atom. The minimum atomic E-state index is 0.0604. The highest BCUT2D eigenvalue weighted by atomic mass is 32.1. The summed E-state index contributed by atoms with van der Waals surface area (Å²) in [6.45, 7) is 7.28. The maximum atomic E-state index is 6.23. The van der Waals surface area contributed by atoms with Crippen LogP contribution in [0.4, 0.5) is 0 Å². The van der Waals surface area contributed by atoms with Crippen molar-refractivity contribution in [2.45, 2.75) is 45.9 Å². The Hall–Kier alpha value is -2.05. The number of rotatable bonds is 5. The van der Waals surface area contributed by atoms with Gasteiger partial charge in [-0.05, 0) is 47.9 Å². The predicted octanol–water partition coefficient (Wildman–Crippen LogP) is 5.07. The summed E-state index contributed by atoms with van der Waals surface area (Å²) in [6, 6.07) is 12.4. The van der Waals surface area contributed by atoms with Gasteiger partial charge in [-0.1, -0.05) is 50.3 Å². The fourth-order valence-electron chi connectivity index (χ4n) is 3.10. The third kappa shape index (κ3) is 4.32. The molecular weight excluding hydrogens is 326 g/mol. The zero-order valence-electron chi connectivity index (χ0n) is 15.1. The molecule has 130 valence electrons. The van der Waals surface area contributed by atoms with Crippen molar-refractivity contribution in [2.24, 2.45) is 5.92 Å². The number of hydrogen-bond donors (Lipinski definition) is 1. The largest absolute Gasteiger partial charge is 0.469 e. The van der Waals surface area contributed by atoms with Gasteiger partial charge >= 0.3 is 0 Å². The standard InChI is InChI=1S/C22H25NOS/c1-16(2)13-21(25)17(3)14-22-23(15-18-9-5-4-6-10-18)19-11-7-8-12-20(19)24-22/h4-5,7-9,11-12,14,16,19-20,25H,13,15H2,1-3H3/b21-17-,22-14+. The second-order valence-corrected chi connectivity index (χ2v) is 7.54. The zero-order chi connectivity index (χ0) is 17.8. The Labute approximate surface area is 157 Å². The molecule has 3 heteroatoms. The molecule has 1 heterocycles. The van der Waals surface area contributed by atoms with Crippen LogP contribution < -0.4 is 0 Å². The second-order valence-electron chi connectivity index (χ2n) is 7.00. The van der Waals surface area contributed by atoms with E-state index in [4.69, 9.17) is 17.4 Å². The van der Waals surface area contributed by atoms with E-state index in [0.717, 1.165) is 34.9 Å². The first-order valence-corrected chi connectivity index (χ1v) is 9.25. The quantitative estimate of drug-likeness (QED) is 0.743. The molecule has 0 saturated carbocycles. The lowest BCUT2D eigenvalue weighted by atomic mass is 10.0. The Balaban J connectivity index is 1.88. The van der Waals surface area contributed by atoms with Crippen LogP contribution in [-0.4, -0.2) is 17.0 Å². The number of fused-ring (bicyclic) bond motifs is 1. The van der Waals surface area contributed by atoms with Crippen LogP contribution in [0.2, 0.25) is 0 Å². The lowest BCUT2D eigenvalue weighted by molar-refractivity contribution is 0.189. The van der Waals surface area contributed by atoms with Gasteiger partial charge in [0.25, 0.3) is 0 Å². The summed E-state index contributed by atoms with van der Waals surface area (Å²) in [5.74, 6) is 1.49. The first kappa shape index (κ1) is 17.8. The Bertz CT molecular complexity index is 715. The van der Waals surface area contributed by atoms with Crippen molar-refractivity contribution in [3.05, 3.63) is 82.6 Å². The molecule has 0 aromatic heterocycles. The van der Waals surface area contributed by atoms with E-state index in [9.17, 15) is 0 Å². The van der Waals surface area contributed by atoms with Gasteiger partial charge in [-0.2, -0.15) is 0 Å². The third-order valence-electron chi connectivity index (χ3n) is 4.40. The Kier molecular flexibility index (Phi) is 5.60. The minimum Gasteiger partial charge on any atom is -0.469 e. The molecule has 1 saturated heterocycles. The van der Waals surface area contributed by atoms with Crippen molar-refractivity contribution < 1.29 is 4.74 Å². The van der Waals surface area contributed by atoms with Crippen LogP contribution >= 0.6 is 12.6 Å². The van der Waals surface area contributed by atoms with Crippen molar-refractivity contribution in [1.29, 1.82) is 0 Å². The van der Waals surface area contributed by atoms with Gasteiger partial charge < -0.3 is 9.64 Å². The van der Waals surface area contributed by atoms with Crippen LogP contribution in [0.5, 0.6) is 0 Å². The Morgan fingerprint density at radius 2 is 2.16 bits per heavy atom. The zero-order valence-corrected chi connectivity index (χ0v) is 16.0. The molecule has 2 atom stereocenters. The molecule has 2 nitrogen and oxygen atoms in total. The average Bonchev–Trinajstić information content (AvgIpc) is 2.92. The molecule has 0 spiro atoms. The van der Waals surface area contributed by atoms with Crippen LogP contribution in [-0.2, 0) is 11.3 Å². The van der Waals surface area contributed by atoms with Gasteiger partial charge in [0.15, 0.2) is 5.88 Å². The summed E-state index contributed by atoms with van der Waals surface area (Å²) in [6.07, 6.45) is 11.6. The molecule has 1 aliphatic heterocycles. The highest BCUT2D eigenvalue weighted by molar-refractivity contribution is 7.84. The van der Waals surface area contributed by atoms with Crippen molar-refractivity contribution in [2.75, 3.05) is 0 Å². The van der Waals surface area contributed by atoms with Crippen LogP contribution in [0.15, 0.2) is 64.9 Å². The summed E-state index contributed by atoms with van der Waals surface area (Å²) < 4.78 is 6.23. The van der Waals surface area contributed by atoms with E-state index in [1.807, 2.05) is 12.1 Å². The van der Waals surface area contributed by atoms with Crippen molar-refractivity contribution >= 4 is 12.6 Å². The normalized spacial score (nSPS) is 24.2. The molecule has 1 aliphatic carbocycles. The molecule has 25 heavy (non-hydrogen) atoms. The fraction of sp³-hybridized carbons (Fsp3) is 0.364. The van der Waals surface area contributed by atoms with Crippen molar-refractivity contribution in [3.63, 3.8) is 0 Å². The summed E-state index contributed by atoms with van der Waals surface area (Å²) >= 11 is 4.69. The second kappa shape index (κ2) is 7.89. The highest BCUT2D eigenvalue weighted by Crippen LogP contribution is 2.33. The predicted molar refractivity (Wildman–Crippen MR) is 106 cm³/mol. The van der Waals surface area contributed by atoms with Crippen LogP contribution in [0, 0.1) is 18.1 Å². The third-order valence-corrected chi connectivity index (χ3v) is 4.94. The van der Waals surface area contributed by atoms with Crippen molar-refractivity contribution in [3.8, 4) is 0 Å². The first-order chi connectivity index (χ1) is 12.0. The SMILES string of the molecule is CC(/C=C1/OC2C=CC=CC2N1Cc1c#cccc1)=C(/S)CC(C)C. The van der Waals surface area contributed by atoms with E-state index in [-0.39, 0.29) is 12.1 Å². The molecule has 0 radical (unpaired) electrons. The van der Waals surface area contributed by atoms with Crippen LogP contribution in [0.1, 0.15) is 32.8 Å². The lowest BCUT2D eigenvalue weighted by Gasteiger charge is -2.24. The van der Waals surface area contributed by atoms with Crippen molar-refractivity contribution in [1.82, 2.24) is 4.90 Å². The summed E-state index contributed by atoms with van der Waals surface area (Å²) in [5, 5.41) is 0. The number of hydrogen-bond acceptors (Lipinski definition) is 3. The van der Waals surface area contributed by atoms with E-state index in [2.05, 4.69) is 74.3 Å². The smallest absolute Gasteiger partial charge is 0.191 e. The molecule has 0 N–H and O–H groups in total. The Morgan fingerprint density at radius 3 is 2.88 bits per heavy atom. The highest BCUT2D eigenvalue weighted by Gasteiger charge is 2.36. The summed E-state index contributed by atoms with van der Waals surface area (Å²) in [5.41, 5.74) is 2.27. The maximum absolute atomic E-state index is 6.23. The lowest BCUT2D eigenvalue weighted by Crippen LogP contribution is -2.32. The fourth-order valence-corrected chi connectivity index (χ4v) is 3.53.